The van der Waals surface area contributed by atoms with E-state index >= 15 is 0 Å². The fourth-order valence-electron chi connectivity index (χ4n) is 2.98. The van der Waals surface area contributed by atoms with Crippen LogP contribution >= 0.6 is 0 Å². The Hall–Kier alpha value is -1.78. The minimum Gasteiger partial charge on any atom is -0.426 e. The van der Waals surface area contributed by atoms with Gasteiger partial charge >= 0.3 is 12.1 Å². The fourth-order valence-corrected chi connectivity index (χ4v) is 2.98. The summed E-state index contributed by atoms with van der Waals surface area (Å²) in [6, 6.07) is 4.43. The van der Waals surface area contributed by atoms with Crippen LogP contribution in [0, 0.1) is 17.8 Å². The average molecular weight is 282 g/mol. The fraction of sp³-hybridized carbons (Fsp3) is 0.400. The number of esters is 1. The number of hydrogen-bond donors (Lipinski definition) is 0. The molecule has 20 heavy (non-hydrogen) atoms. The molecule has 3 rings (SSSR count). The number of allylic oxidation sites excluding steroid dienone is 2. The number of rotatable bonds is 2. The molecule has 2 bridgehead atoms. The Morgan fingerprint density at radius 3 is 2.60 bits per heavy atom. The van der Waals surface area contributed by atoms with Gasteiger partial charge in [-0.05, 0) is 42.9 Å². The van der Waals surface area contributed by atoms with Crippen LogP contribution in [0.5, 0.6) is 5.75 Å². The minimum atomic E-state index is -4.43. The van der Waals surface area contributed by atoms with Gasteiger partial charge in [-0.15, -0.1) is 0 Å². The van der Waals surface area contributed by atoms with Gasteiger partial charge in [0.15, 0.2) is 0 Å². The summed E-state index contributed by atoms with van der Waals surface area (Å²) in [6.45, 7) is 0. The molecule has 0 aliphatic heterocycles. The Balaban J connectivity index is 1.72. The summed E-state index contributed by atoms with van der Waals surface area (Å²) in [5.74, 6) is -0.102. The Kier molecular flexibility index (Phi) is 3.07. The van der Waals surface area contributed by atoms with E-state index in [1.54, 1.807) is 0 Å². The van der Waals surface area contributed by atoms with E-state index in [1.165, 1.54) is 12.1 Å². The zero-order chi connectivity index (χ0) is 14.3. The molecule has 1 saturated carbocycles. The number of halogens is 3. The molecule has 3 unspecified atom stereocenters. The summed E-state index contributed by atoms with van der Waals surface area (Å²) < 4.78 is 42.9. The molecule has 3 atom stereocenters. The topological polar surface area (TPSA) is 26.3 Å². The first kappa shape index (κ1) is 13.2. The Labute approximate surface area is 114 Å². The first-order chi connectivity index (χ1) is 9.43. The van der Waals surface area contributed by atoms with E-state index in [1.807, 2.05) is 6.08 Å². The van der Waals surface area contributed by atoms with Crippen molar-refractivity contribution >= 4 is 5.97 Å². The second kappa shape index (κ2) is 4.65. The maximum atomic E-state index is 12.6. The number of benzene rings is 1. The second-order valence-electron chi connectivity index (χ2n) is 5.33. The van der Waals surface area contributed by atoms with Crippen molar-refractivity contribution in [3.8, 4) is 5.75 Å². The molecule has 5 heteroatoms. The average Bonchev–Trinajstić information content (AvgIpc) is 3.00. The maximum Gasteiger partial charge on any atom is 0.416 e. The van der Waals surface area contributed by atoms with Crippen molar-refractivity contribution in [1.82, 2.24) is 0 Å². The molecule has 0 spiro atoms. The lowest BCUT2D eigenvalue weighted by atomic mass is 9.94. The molecule has 1 aromatic carbocycles. The van der Waals surface area contributed by atoms with Crippen LogP contribution in [0.2, 0.25) is 0 Å². The summed E-state index contributed by atoms with van der Waals surface area (Å²) >= 11 is 0. The molecule has 1 fully saturated rings. The van der Waals surface area contributed by atoms with Crippen molar-refractivity contribution < 1.29 is 22.7 Å². The lowest BCUT2D eigenvalue weighted by molar-refractivity contribution is -0.141. The van der Waals surface area contributed by atoms with E-state index < -0.39 is 17.7 Å². The third kappa shape index (κ3) is 2.44. The molecule has 2 aliphatic rings. The monoisotopic (exact) mass is 282 g/mol. The summed E-state index contributed by atoms with van der Waals surface area (Å²) in [5, 5.41) is 0. The molecule has 1 aromatic rings. The molecule has 106 valence electrons. The molecule has 0 aromatic heterocycles. The Bertz CT molecular complexity index is 562. The van der Waals surface area contributed by atoms with Crippen LogP contribution in [-0.4, -0.2) is 5.97 Å². The lowest BCUT2D eigenvalue weighted by Crippen LogP contribution is -2.24. The number of hydrogen-bond acceptors (Lipinski definition) is 2. The molecular weight excluding hydrogens is 269 g/mol. The number of fused-ring (bicyclic) bond motifs is 2. The smallest absolute Gasteiger partial charge is 0.416 e. The van der Waals surface area contributed by atoms with Crippen LogP contribution in [0.15, 0.2) is 36.4 Å². The maximum absolute atomic E-state index is 12.6. The molecule has 0 N–H and O–H groups in total. The first-order valence-electron chi connectivity index (χ1n) is 6.51. The SMILES string of the molecule is O=C(Oc1cccc(C(F)(F)F)c1)C1CC2C=CC1C2. The van der Waals surface area contributed by atoms with E-state index in [0.29, 0.717) is 5.92 Å². The highest BCUT2D eigenvalue weighted by atomic mass is 19.4. The normalized spacial score (nSPS) is 27.9. The highest BCUT2D eigenvalue weighted by Gasteiger charge is 2.41. The van der Waals surface area contributed by atoms with Gasteiger partial charge in [0.2, 0.25) is 0 Å². The van der Waals surface area contributed by atoms with Crippen LogP contribution in [0.3, 0.4) is 0 Å². The van der Waals surface area contributed by atoms with Gasteiger partial charge in [0.05, 0.1) is 11.5 Å². The van der Waals surface area contributed by atoms with Gasteiger partial charge in [-0.2, -0.15) is 13.2 Å². The van der Waals surface area contributed by atoms with Crippen molar-refractivity contribution in [2.45, 2.75) is 19.0 Å². The largest absolute Gasteiger partial charge is 0.426 e. The molecular formula is C15H13F3O2. The third-order valence-electron chi connectivity index (χ3n) is 3.96. The van der Waals surface area contributed by atoms with E-state index in [0.717, 1.165) is 25.0 Å². The molecule has 0 saturated heterocycles. The standard InChI is InChI=1S/C15H13F3O2/c16-15(17,18)11-2-1-3-12(8-11)20-14(19)13-7-9-4-5-10(13)6-9/h1-5,8-10,13H,6-7H2. The minimum absolute atomic E-state index is 0.0448. The van der Waals surface area contributed by atoms with E-state index in [2.05, 4.69) is 6.08 Å². The summed E-state index contributed by atoms with van der Waals surface area (Å²) in [7, 11) is 0. The van der Waals surface area contributed by atoms with Crippen LogP contribution in [0.25, 0.3) is 0 Å². The lowest BCUT2D eigenvalue weighted by Gasteiger charge is -2.17. The summed E-state index contributed by atoms with van der Waals surface area (Å²) in [6.07, 6.45) is 1.35. The van der Waals surface area contributed by atoms with Gasteiger partial charge in [0.1, 0.15) is 5.75 Å². The zero-order valence-electron chi connectivity index (χ0n) is 10.6. The highest BCUT2D eigenvalue weighted by Crippen LogP contribution is 2.44. The number of carbonyl (C=O) groups is 1. The van der Waals surface area contributed by atoms with Crippen LogP contribution in [-0.2, 0) is 11.0 Å². The van der Waals surface area contributed by atoms with Crippen molar-refractivity contribution in [2.75, 3.05) is 0 Å². The van der Waals surface area contributed by atoms with Crippen molar-refractivity contribution in [3.63, 3.8) is 0 Å². The summed E-state index contributed by atoms with van der Waals surface area (Å²) in [4.78, 5) is 12.0. The number of ether oxygens (including phenoxy) is 1. The van der Waals surface area contributed by atoms with E-state index in [-0.39, 0.29) is 17.6 Å². The highest BCUT2D eigenvalue weighted by molar-refractivity contribution is 5.76. The van der Waals surface area contributed by atoms with Gasteiger partial charge in [-0.1, -0.05) is 18.2 Å². The van der Waals surface area contributed by atoms with E-state index in [9.17, 15) is 18.0 Å². The third-order valence-corrected chi connectivity index (χ3v) is 3.96. The summed E-state index contributed by atoms with van der Waals surface area (Å²) in [5.41, 5.74) is -0.810. The van der Waals surface area contributed by atoms with E-state index in [4.69, 9.17) is 4.74 Å². The molecule has 0 radical (unpaired) electrons. The van der Waals surface area contributed by atoms with Crippen molar-refractivity contribution in [3.05, 3.63) is 42.0 Å². The predicted octanol–water partition coefficient (Wildman–Crippen LogP) is 3.82. The van der Waals surface area contributed by atoms with Gasteiger partial charge in [-0.25, -0.2) is 0 Å². The van der Waals surface area contributed by atoms with Gasteiger partial charge in [0.25, 0.3) is 0 Å². The van der Waals surface area contributed by atoms with Crippen molar-refractivity contribution in [1.29, 1.82) is 0 Å². The van der Waals surface area contributed by atoms with Gasteiger partial charge in [0, 0.05) is 0 Å². The van der Waals surface area contributed by atoms with Crippen molar-refractivity contribution in [2.24, 2.45) is 17.8 Å². The van der Waals surface area contributed by atoms with Gasteiger partial charge in [-0.3, -0.25) is 4.79 Å². The van der Waals surface area contributed by atoms with Crippen LogP contribution < -0.4 is 4.74 Å². The quantitative estimate of drug-likeness (QED) is 0.468. The van der Waals surface area contributed by atoms with Gasteiger partial charge < -0.3 is 4.74 Å². The Morgan fingerprint density at radius 2 is 2.00 bits per heavy atom. The molecule has 0 amide bonds. The number of carbonyl (C=O) groups excluding carboxylic acids is 1. The van der Waals surface area contributed by atoms with Crippen LogP contribution in [0.1, 0.15) is 18.4 Å². The zero-order valence-corrected chi connectivity index (χ0v) is 10.6. The molecule has 2 nitrogen and oxygen atoms in total. The Morgan fingerprint density at radius 1 is 1.20 bits per heavy atom. The van der Waals surface area contributed by atoms with Crippen LogP contribution in [0.4, 0.5) is 13.2 Å². The number of alkyl halides is 3. The first-order valence-corrected chi connectivity index (χ1v) is 6.51. The second-order valence-corrected chi connectivity index (χ2v) is 5.33. The molecule has 0 heterocycles. The predicted molar refractivity (Wildman–Crippen MR) is 65.9 cm³/mol. The molecule has 2 aliphatic carbocycles.